The highest BCUT2D eigenvalue weighted by Gasteiger charge is 2.16. The first-order valence-corrected chi connectivity index (χ1v) is 15.4. The lowest BCUT2D eigenvalue weighted by Gasteiger charge is -2.14. The van der Waals surface area contributed by atoms with Crippen LogP contribution >= 0.6 is 0 Å². The maximum absolute atomic E-state index is 7.66. The number of fused-ring (bicyclic) bond motifs is 8. The van der Waals surface area contributed by atoms with Gasteiger partial charge in [0.25, 0.3) is 0 Å². The lowest BCUT2D eigenvalue weighted by atomic mass is 9.93. The Hall–Kier alpha value is -6.75. The topological polar surface area (TPSA) is 26.5 Å². The van der Waals surface area contributed by atoms with E-state index in [1.165, 1.54) is 16.2 Å². The molecule has 0 aliphatic carbocycles. The number of rotatable bonds is 3. The van der Waals surface area contributed by atoms with Gasteiger partial charge >= 0.3 is 0 Å². The minimum atomic E-state index is 0.610. The average molecular weight is 597 g/mol. The molecule has 0 saturated heterocycles. The summed E-state index contributed by atoms with van der Waals surface area (Å²) in [5.41, 5.74) is 9.45. The predicted octanol–water partition coefficient (Wildman–Crippen LogP) is 12.1. The van der Waals surface area contributed by atoms with E-state index in [0.29, 0.717) is 11.4 Å². The summed E-state index contributed by atoms with van der Waals surface area (Å²) in [6.45, 7) is 15.1. The smallest absolute Gasteiger partial charge is 0.188 e. The van der Waals surface area contributed by atoms with Gasteiger partial charge in [-0.15, -0.1) is 0 Å². The Morgan fingerprint density at radius 1 is 0.468 bits per heavy atom. The number of pyridine rings is 1. The molecule has 9 aromatic rings. The van der Waals surface area contributed by atoms with E-state index < -0.39 is 0 Å². The van der Waals surface area contributed by atoms with E-state index in [1.54, 1.807) is 0 Å². The van der Waals surface area contributed by atoms with Gasteiger partial charge in [0.2, 0.25) is 0 Å². The van der Waals surface area contributed by atoms with Gasteiger partial charge in [0.15, 0.2) is 11.4 Å². The molecule has 0 N–H and O–H groups in total. The predicted molar refractivity (Wildman–Crippen MR) is 194 cm³/mol. The second-order valence-corrected chi connectivity index (χ2v) is 11.8. The van der Waals surface area contributed by atoms with Crippen molar-refractivity contribution in [2.75, 3.05) is 0 Å². The molecule has 0 fully saturated rings. The van der Waals surface area contributed by atoms with Crippen molar-refractivity contribution >= 4 is 65.6 Å². The number of aromatic nitrogens is 2. The van der Waals surface area contributed by atoms with Crippen molar-refractivity contribution in [3.05, 3.63) is 168 Å². The van der Waals surface area contributed by atoms with E-state index in [-0.39, 0.29) is 0 Å². The first-order valence-electron chi connectivity index (χ1n) is 15.4. The summed E-state index contributed by atoms with van der Waals surface area (Å²) in [5.74, 6) is 0. The summed E-state index contributed by atoms with van der Waals surface area (Å²) >= 11 is 0. The average Bonchev–Trinajstić information content (AvgIpc) is 3.47. The van der Waals surface area contributed by atoms with E-state index in [9.17, 15) is 0 Å². The summed E-state index contributed by atoms with van der Waals surface area (Å²) in [5, 5.41) is 7.90. The van der Waals surface area contributed by atoms with Gasteiger partial charge in [-0.2, -0.15) is 0 Å². The monoisotopic (exact) mass is 596 g/mol. The van der Waals surface area contributed by atoms with Crippen LogP contribution in [-0.2, 0) is 0 Å². The highest BCUT2D eigenvalue weighted by Crippen LogP contribution is 2.40. The Morgan fingerprint density at radius 2 is 1.11 bits per heavy atom. The molecule has 0 bridgehead atoms. The molecule has 0 amide bonds. The number of nitrogens with zero attached hydrogens (tertiary/aromatic N) is 4. The Labute approximate surface area is 271 Å². The fraction of sp³-hybridized carbons (Fsp3) is 0. The maximum atomic E-state index is 7.66. The van der Waals surface area contributed by atoms with Crippen LogP contribution in [0.25, 0.3) is 92.0 Å². The molecule has 4 heteroatoms. The Bertz CT molecular complexity index is 2800. The quantitative estimate of drug-likeness (QED) is 0.147. The van der Waals surface area contributed by atoms with Gasteiger partial charge in [-0.3, -0.25) is 0 Å². The number of hydrogen-bond donors (Lipinski definition) is 0. The molecule has 2 heterocycles. The summed E-state index contributed by atoms with van der Waals surface area (Å²) in [6.07, 6.45) is 0. The van der Waals surface area contributed by atoms with Crippen molar-refractivity contribution in [1.29, 1.82) is 0 Å². The van der Waals surface area contributed by atoms with Crippen LogP contribution in [0.3, 0.4) is 0 Å². The summed E-state index contributed by atoms with van der Waals surface area (Å²) < 4.78 is 2.27. The van der Waals surface area contributed by atoms with Crippen LogP contribution in [0.1, 0.15) is 0 Å². The molecule has 0 spiro atoms. The molecule has 0 atom stereocenters. The third-order valence-corrected chi connectivity index (χ3v) is 9.18. The van der Waals surface area contributed by atoms with Crippen LogP contribution in [0.5, 0.6) is 0 Å². The van der Waals surface area contributed by atoms with Gasteiger partial charge in [-0.1, -0.05) is 103 Å². The first kappa shape index (κ1) is 26.6. The fourth-order valence-corrected chi connectivity index (χ4v) is 6.98. The molecular weight excluding hydrogens is 573 g/mol. The third-order valence-electron chi connectivity index (χ3n) is 9.18. The minimum absolute atomic E-state index is 0.610. The molecule has 9 rings (SSSR count). The third kappa shape index (κ3) is 4.17. The van der Waals surface area contributed by atoms with Gasteiger partial charge in [0.05, 0.1) is 35.4 Å². The molecule has 4 nitrogen and oxygen atoms in total. The molecule has 2 aromatic heterocycles. The molecule has 0 unspecified atom stereocenters. The summed E-state index contributed by atoms with van der Waals surface area (Å²) in [4.78, 5) is 12.6. The normalized spacial score (nSPS) is 11.4. The maximum Gasteiger partial charge on any atom is 0.188 e. The van der Waals surface area contributed by atoms with Crippen LogP contribution in [0.4, 0.5) is 11.4 Å². The van der Waals surface area contributed by atoms with Gasteiger partial charge in [0, 0.05) is 27.2 Å². The van der Waals surface area contributed by atoms with Gasteiger partial charge in [-0.05, 0) is 75.3 Å². The van der Waals surface area contributed by atoms with E-state index >= 15 is 0 Å². The van der Waals surface area contributed by atoms with Crippen molar-refractivity contribution in [2.24, 2.45) is 0 Å². The molecule has 7 aromatic carbocycles. The van der Waals surface area contributed by atoms with Crippen molar-refractivity contribution < 1.29 is 0 Å². The van der Waals surface area contributed by atoms with Crippen molar-refractivity contribution in [3.8, 4) is 28.1 Å². The molecule has 216 valence electrons. The lowest BCUT2D eigenvalue weighted by Crippen LogP contribution is -1.93. The Kier molecular flexibility index (Phi) is 5.90. The van der Waals surface area contributed by atoms with E-state index in [4.69, 9.17) is 18.1 Å². The zero-order valence-corrected chi connectivity index (χ0v) is 25.1. The molecule has 0 saturated carbocycles. The van der Waals surface area contributed by atoms with Gasteiger partial charge in [0.1, 0.15) is 0 Å². The van der Waals surface area contributed by atoms with Crippen molar-refractivity contribution in [2.45, 2.75) is 0 Å². The number of hydrogen-bond acceptors (Lipinski definition) is 1. The molecule has 0 aliphatic heterocycles. The SMILES string of the molecule is [C-]#[N+]c1ccc(-c2nc3cc(-c4ccc5c(c4)c4cc([N+]#[C-])ccc4n5-c4ccccc4)ccc3c3c2ccc2ccccc23)cc1. The van der Waals surface area contributed by atoms with E-state index in [1.807, 2.05) is 42.5 Å². The first-order chi connectivity index (χ1) is 23.2. The molecular formula is C43H24N4. The second kappa shape index (κ2) is 10.4. The second-order valence-electron chi connectivity index (χ2n) is 11.8. The van der Waals surface area contributed by atoms with Gasteiger partial charge in [-0.25, -0.2) is 14.7 Å². The fourth-order valence-electron chi connectivity index (χ4n) is 6.98. The van der Waals surface area contributed by atoms with E-state index in [0.717, 1.165) is 66.2 Å². The number of para-hydroxylation sites is 1. The number of benzene rings is 7. The van der Waals surface area contributed by atoms with Crippen molar-refractivity contribution in [3.63, 3.8) is 0 Å². The van der Waals surface area contributed by atoms with Crippen LogP contribution in [0, 0.1) is 13.1 Å². The zero-order chi connectivity index (χ0) is 31.5. The van der Waals surface area contributed by atoms with Crippen molar-refractivity contribution in [1.82, 2.24) is 9.55 Å². The lowest BCUT2D eigenvalue weighted by molar-refractivity contribution is 1.18. The highest BCUT2D eigenvalue weighted by atomic mass is 15.0. The Morgan fingerprint density at radius 3 is 1.91 bits per heavy atom. The highest BCUT2D eigenvalue weighted by molar-refractivity contribution is 6.22. The largest absolute Gasteiger partial charge is 0.309 e. The van der Waals surface area contributed by atoms with Crippen LogP contribution < -0.4 is 0 Å². The Balaban J connectivity index is 1.30. The van der Waals surface area contributed by atoms with E-state index in [2.05, 4.69) is 117 Å². The zero-order valence-electron chi connectivity index (χ0n) is 25.1. The van der Waals surface area contributed by atoms with Crippen LogP contribution in [-0.4, -0.2) is 9.55 Å². The minimum Gasteiger partial charge on any atom is -0.309 e. The summed E-state index contributed by atoms with van der Waals surface area (Å²) in [7, 11) is 0. The van der Waals surface area contributed by atoms with Crippen LogP contribution in [0.15, 0.2) is 146 Å². The molecule has 0 aliphatic rings. The van der Waals surface area contributed by atoms with Crippen LogP contribution in [0.2, 0.25) is 0 Å². The molecule has 47 heavy (non-hydrogen) atoms. The molecule has 0 radical (unpaired) electrons. The van der Waals surface area contributed by atoms with Gasteiger partial charge < -0.3 is 4.57 Å². The summed E-state index contributed by atoms with van der Waals surface area (Å²) in [6, 6.07) is 50.0. The standard InChI is InChI=1S/C43H24N4/c1-44-31-17-12-28(13-18-31)43-36-21-14-27-8-6-7-11-34(27)42(36)35-20-15-30(25-39(35)46-43)29-16-22-40-37(24-29)38-26-32(45-2)19-23-41(38)47(40)33-9-4-3-5-10-33/h3-26H.